The minimum absolute atomic E-state index is 0.0454. The van der Waals surface area contributed by atoms with Crippen LogP contribution < -0.4 is 10.5 Å². The zero-order valence-corrected chi connectivity index (χ0v) is 12.6. The predicted octanol–water partition coefficient (Wildman–Crippen LogP) is 0.731. The Labute approximate surface area is 132 Å². The molecule has 0 saturated carbocycles. The average Bonchev–Trinajstić information content (AvgIpc) is 2.58. The molecule has 1 amide bonds. The summed E-state index contributed by atoms with van der Waals surface area (Å²) in [5.41, 5.74) is 0.658. The van der Waals surface area contributed by atoms with Gasteiger partial charge in [-0.15, -0.1) is 0 Å². The van der Waals surface area contributed by atoms with E-state index in [9.17, 15) is 14.0 Å². The predicted molar refractivity (Wildman–Crippen MR) is 83.7 cm³/mol. The Morgan fingerprint density at radius 2 is 1.78 bits per heavy atom. The summed E-state index contributed by atoms with van der Waals surface area (Å²) < 4.78 is 14.1. The Balaban J connectivity index is 1.58. The van der Waals surface area contributed by atoms with Crippen molar-refractivity contribution in [1.29, 1.82) is 0 Å². The fraction of sp³-hybridized carbons (Fsp3) is 0.312. The molecule has 0 aliphatic carbocycles. The fourth-order valence-corrected chi connectivity index (χ4v) is 2.60. The van der Waals surface area contributed by atoms with Crippen LogP contribution in [-0.4, -0.2) is 46.8 Å². The molecule has 1 aromatic heterocycles. The fourth-order valence-electron chi connectivity index (χ4n) is 2.60. The van der Waals surface area contributed by atoms with E-state index in [1.165, 1.54) is 24.4 Å². The van der Waals surface area contributed by atoms with Crippen LogP contribution in [0.15, 0.2) is 47.4 Å². The third-order valence-corrected chi connectivity index (χ3v) is 3.89. The molecule has 3 rings (SSSR count). The second kappa shape index (κ2) is 6.60. The molecule has 120 valence electrons. The molecule has 2 aromatic rings. The first-order chi connectivity index (χ1) is 11.1. The van der Waals surface area contributed by atoms with Gasteiger partial charge in [-0.25, -0.2) is 9.07 Å². The molecule has 2 heterocycles. The lowest BCUT2D eigenvalue weighted by Crippen LogP contribution is -2.50. The zero-order chi connectivity index (χ0) is 16.2. The molecule has 23 heavy (non-hydrogen) atoms. The van der Waals surface area contributed by atoms with Crippen molar-refractivity contribution in [3.63, 3.8) is 0 Å². The first kappa shape index (κ1) is 15.2. The van der Waals surface area contributed by atoms with E-state index in [0.29, 0.717) is 26.2 Å². The van der Waals surface area contributed by atoms with Crippen molar-refractivity contribution in [3.8, 4) is 0 Å². The molecule has 1 aliphatic heterocycles. The van der Waals surface area contributed by atoms with E-state index < -0.39 is 0 Å². The van der Waals surface area contributed by atoms with Crippen LogP contribution in [-0.2, 0) is 11.3 Å². The largest absolute Gasteiger partial charge is 0.368 e. The second-order valence-corrected chi connectivity index (χ2v) is 5.36. The van der Waals surface area contributed by atoms with Gasteiger partial charge in [-0.2, -0.15) is 5.10 Å². The van der Waals surface area contributed by atoms with Gasteiger partial charge in [0.2, 0.25) is 5.91 Å². The highest BCUT2D eigenvalue weighted by molar-refractivity contribution is 5.76. The Hall–Kier alpha value is -2.70. The molecule has 7 heteroatoms. The van der Waals surface area contributed by atoms with Crippen molar-refractivity contribution in [2.45, 2.75) is 6.54 Å². The summed E-state index contributed by atoms with van der Waals surface area (Å²) in [7, 11) is 0. The lowest BCUT2D eigenvalue weighted by Gasteiger charge is -2.36. The van der Waals surface area contributed by atoms with E-state index in [4.69, 9.17) is 0 Å². The highest BCUT2D eigenvalue weighted by Crippen LogP contribution is 2.16. The Morgan fingerprint density at radius 3 is 2.43 bits per heavy atom. The minimum atomic E-state index is -0.286. The van der Waals surface area contributed by atoms with E-state index >= 15 is 0 Å². The van der Waals surface area contributed by atoms with E-state index in [-0.39, 0.29) is 23.8 Å². The van der Waals surface area contributed by atoms with Crippen LogP contribution in [0.2, 0.25) is 0 Å². The van der Waals surface area contributed by atoms with Gasteiger partial charge in [0.15, 0.2) is 0 Å². The number of halogens is 1. The number of hydrogen-bond acceptors (Lipinski definition) is 4. The van der Waals surface area contributed by atoms with Gasteiger partial charge in [-0.05, 0) is 30.3 Å². The van der Waals surface area contributed by atoms with Gasteiger partial charge in [0.1, 0.15) is 12.4 Å². The van der Waals surface area contributed by atoms with Crippen LogP contribution in [0.3, 0.4) is 0 Å². The first-order valence-electron chi connectivity index (χ1n) is 7.44. The standard InChI is InChI=1S/C16H17FN4O2/c17-13-3-5-14(6-4-13)19-8-10-20(11-9-19)16(23)12-21-15(22)2-1-7-18-21/h1-7H,8-12H2. The maximum Gasteiger partial charge on any atom is 0.267 e. The van der Waals surface area contributed by atoms with Crippen molar-refractivity contribution in [2.75, 3.05) is 31.1 Å². The first-order valence-corrected chi connectivity index (χ1v) is 7.44. The molecule has 0 N–H and O–H groups in total. The number of aromatic nitrogens is 2. The number of anilines is 1. The number of rotatable bonds is 3. The maximum atomic E-state index is 13.0. The van der Waals surface area contributed by atoms with Crippen molar-refractivity contribution in [2.24, 2.45) is 0 Å². The van der Waals surface area contributed by atoms with Gasteiger partial charge in [0, 0.05) is 44.1 Å². The summed E-state index contributed by atoms with van der Waals surface area (Å²) in [6.07, 6.45) is 1.49. The van der Waals surface area contributed by atoms with Gasteiger partial charge in [0.05, 0.1) is 0 Å². The van der Waals surface area contributed by atoms with Crippen LogP contribution in [0, 0.1) is 5.82 Å². The monoisotopic (exact) mass is 316 g/mol. The highest BCUT2D eigenvalue weighted by atomic mass is 19.1. The normalized spacial score (nSPS) is 14.8. The summed E-state index contributed by atoms with van der Waals surface area (Å²) in [4.78, 5) is 27.7. The van der Waals surface area contributed by atoms with Crippen molar-refractivity contribution >= 4 is 11.6 Å². The van der Waals surface area contributed by atoms with Crippen LogP contribution in [0.5, 0.6) is 0 Å². The third-order valence-electron chi connectivity index (χ3n) is 3.89. The molecule has 0 atom stereocenters. The summed E-state index contributed by atoms with van der Waals surface area (Å²) >= 11 is 0. The lowest BCUT2D eigenvalue weighted by atomic mass is 10.2. The summed E-state index contributed by atoms with van der Waals surface area (Å²) in [5.74, 6) is -0.382. The molecule has 1 saturated heterocycles. The molecule has 0 radical (unpaired) electrons. The van der Waals surface area contributed by atoms with Gasteiger partial charge >= 0.3 is 0 Å². The quantitative estimate of drug-likeness (QED) is 0.838. The van der Waals surface area contributed by atoms with E-state index in [1.54, 1.807) is 23.1 Å². The summed E-state index contributed by atoms with van der Waals surface area (Å²) in [5, 5.41) is 3.89. The SMILES string of the molecule is O=C(Cn1ncccc1=O)N1CCN(c2ccc(F)cc2)CC1. The second-order valence-electron chi connectivity index (χ2n) is 5.36. The smallest absolute Gasteiger partial charge is 0.267 e. The molecule has 1 aliphatic rings. The average molecular weight is 316 g/mol. The molecule has 1 aromatic carbocycles. The van der Waals surface area contributed by atoms with Crippen molar-refractivity contribution < 1.29 is 9.18 Å². The van der Waals surface area contributed by atoms with Gasteiger partial charge in [0.25, 0.3) is 5.56 Å². The van der Waals surface area contributed by atoms with Crippen molar-refractivity contribution in [3.05, 3.63) is 58.8 Å². The molecule has 0 bridgehead atoms. The summed E-state index contributed by atoms with van der Waals surface area (Å²) in [6.45, 7) is 2.44. The Kier molecular flexibility index (Phi) is 4.36. The molecular formula is C16H17FN4O2. The van der Waals surface area contributed by atoms with Crippen LogP contribution in [0.4, 0.5) is 10.1 Å². The minimum Gasteiger partial charge on any atom is -0.368 e. The number of piperazine rings is 1. The number of carbonyl (C=O) groups is 1. The number of benzene rings is 1. The Morgan fingerprint density at radius 1 is 1.09 bits per heavy atom. The van der Waals surface area contributed by atoms with Gasteiger partial charge in [-0.3, -0.25) is 9.59 Å². The van der Waals surface area contributed by atoms with E-state index in [0.717, 1.165) is 10.4 Å². The molecular weight excluding hydrogens is 299 g/mol. The maximum absolute atomic E-state index is 13.0. The van der Waals surface area contributed by atoms with E-state index in [1.807, 2.05) is 0 Å². The van der Waals surface area contributed by atoms with E-state index in [2.05, 4.69) is 10.00 Å². The molecule has 1 fully saturated rings. The lowest BCUT2D eigenvalue weighted by molar-refractivity contribution is -0.132. The van der Waals surface area contributed by atoms with Crippen LogP contribution in [0.25, 0.3) is 0 Å². The number of hydrogen-bond donors (Lipinski definition) is 0. The topological polar surface area (TPSA) is 58.4 Å². The molecule has 6 nitrogen and oxygen atoms in total. The molecule has 0 spiro atoms. The summed E-state index contributed by atoms with van der Waals surface area (Å²) in [6, 6.07) is 9.26. The number of nitrogens with zero attached hydrogens (tertiary/aromatic N) is 4. The zero-order valence-electron chi connectivity index (χ0n) is 12.6. The highest BCUT2D eigenvalue weighted by Gasteiger charge is 2.21. The van der Waals surface area contributed by atoms with Gasteiger partial charge in [-0.1, -0.05) is 0 Å². The van der Waals surface area contributed by atoms with Crippen LogP contribution in [0.1, 0.15) is 0 Å². The van der Waals surface area contributed by atoms with Crippen LogP contribution >= 0.6 is 0 Å². The molecule has 0 unspecified atom stereocenters. The number of carbonyl (C=O) groups excluding carboxylic acids is 1. The third kappa shape index (κ3) is 3.56. The van der Waals surface area contributed by atoms with Crippen molar-refractivity contribution in [1.82, 2.24) is 14.7 Å². The van der Waals surface area contributed by atoms with Gasteiger partial charge < -0.3 is 9.80 Å². The number of amides is 1. The Bertz CT molecular complexity index is 736.